The van der Waals surface area contributed by atoms with Crippen LogP contribution in [0, 0.1) is 16.7 Å². The van der Waals surface area contributed by atoms with Crippen molar-refractivity contribution < 1.29 is 17.9 Å². The molecule has 136 valence electrons. The number of benzene rings is 1. The van der Waals surface area contributed by atoms with E-state index in [4.69, 9.17) is 10.00 Å². The normalized spacial score (nSPS) is 17.2. The quantitative estimate of drug-likeness (QED) is 0.836. The Labute approximate surface area is 149 Å². The molecule has 1 aromatic rings. The van der Waals surface area contributed by atoms with Crippen molar-refractivity contribution in [3.63, 3.8) is 0 Å². The van der Waals surface area contributed by atoms with Crippen molar-refractivity contribution in [3.05, 3.63) is 29.8 Å². The lowest BCUT2D eigenvalue weighted by Gasteiger charge is -2.20. The summed E-state index contributed by atoms with van der Waals surface area (Å²) in [7, 11) is -3.85. The zero-order valence-electron chi connectivity index (χ0n) is 15.0. The van der Waals surface area contributed by atoms with Crippen molar-refractivity contribution in [3.8, 4) is 11.8 Å². The maximum atomic E-state index is 12.1. The first kappa shape index (κ1) is 19.3. The zero-order valence-corrected chi connectivity index (χ0v) is 15.8. The van der Waals surface area contributed by atoms with E-state index in [0.717, 1.165) is 5.56 Å². The van der Waals surface area contributed by atoms with Gasteiger partial charge in [0.2, 0.25) is 10.0 Å². The molecule has 0 saturated heterocycles. The zero-order chi connectivity index (χ0) is 18.9. The summed E-state index contributed by atoms with van der Waals surface area (Å²) < 4.78 is 31.6. The van der Waals surface area contributed by atoms with Crippen LogP contribution in [-0.4, -0.2) is 26.2 Å². The van der Waals surface area contributed by atoms with E-state index in [2.05, 4.69) is 20.8 Å². The molecule has 7 heteroatoms. The molecule has 0 aromatic heterocycles. The van der Waals surface area contributed by atoms with E-state index in [1.54, 1.807) is 12.1 Å². The maximum absolute atomic E-state index is 12.1. The van der Waals surface area contributed by atoms with E-state index in [9.17, 15) is 13.2 Å². The number of hydrogen-bond donors (Lipinski definition) is 1. The Balaban J connectivity index is 1.95. The van der Waals surface area contributed by atoms with Crippen molar-refractivity contribution in [1.29, 1.82) is 5.26 Å². The van der Waals surface area contributed by atoms with Crippen molar-refractivity contribution in [2.45, 2.75) is 52.1 Å². The molecule has 1 fully saturated rings. The third-order valence-corrected chi connectivity index (χ3v) is 5.66. The molecule has 0 heterocycles. The van der Waals surface area contributed by atoms with E-state index in [0.29, 0.717) is 18.6 Å². The van der Waals surface area contributed by atoms with Crippen molar-refractivity contribution >= 4 is 15.9 Å². The molecule has 1 N–H and O–H groups in total. The molecule has 1 amide bonds. The van der Waals surface area contributed by atoms with Gasteiger partial charge in [-0.15, -0.1) is 0 Å². The summed E-state index contributed by atoms with van der Waals surface area (Å²) in [6.45, 7) is 7.77. The van der Waals surface area contributed by atoms with Gasteiger partial charge in [-0.2, -0.15) is 5.26 Å². The van der Waals surface area contributed by atoms with Gasteiger partial charge < -0.3 is 4.74 Å². The summed E-state index contributed by atoms with van der Waals surface area (Å²) in [5.74, 6) is -0.604. The monoisotopic (exact) mass is 364 g/mol. The van der Waals surface area contributed by atoms with Crippen LogP contribution in [0.4, 0.5) is 0 Å². The van der Waals surface area contributed by atoms with E-state index < -0.39 is 27.4 Å². The molecule has 25 heavy (non-hydrogen) atoms. The van der Waals surface area contributed by atoms with Gasteiger partial charge in [0.15, 0.2) is 6.10 Å². The number of nitrogens with one attached hydrogen (secondary N) is 1. The van der Waals surface area contributed by atoms with E-state index in [1.807, 2.05) is 22.9 Å². The molecule has 1 saturated carbocycles. The van der Waals surface area contributed by atoms with Crippen molar-refractivity contribution in [1.82, 2.24) is 4.72 Å². The lowest BCUT2D eigenvalue weighted by molar-refractivity contribution is -0.125. The Bertz CT molecular complexity index is 782. The smallest absolute Gasteiger partial charge is 0.274 e. The third kappa shape index (κ3) is 5.20. The maximum Gasteiger partial charge on any atom is 0.274 e. The number of ether oxygens (including phenoxy) is 1. The van der Waals surface area contributed by atoms with E-state index in [-0.39, 0.29) is 11.2 Å². The Kier molecular flexibility index (Phi) is 5.14. The fraction of sp³-hybridized carbons (Fsp3) is 0.556. The summed E-state index contributed by atoms with van der Waals surface area (Å²) in [4.78, 5) is 12.1. The second-order valence-corrected chi connectivity index (χ2v) is 9.37. The van der Waals surface area contributed by atoms with E-state index in [1.165, 1.54) is 6.92 Å². The summed E-state index contributed by atoms with van der Waals surface area (Å²) in [5, 5.41) is 8.99. The lowest BCUT2D eigenvalue weighted by Crippen LogP contribution is -2.42. The van der Waals surface area contributed by atoms with Crippen LogP contribution in [0.5, 0.6) is 5.75 Å². The largest absolute Gasteiger partial charge is 0.481 e. The Morgan fingerprint density at radius 3 is 2.32 bits per heavy atom. The number of carbonyl (C=O) groups excluding carboxylic acids is 1. The number of rotatable bonds is 6. The molecule has 2 rings (SSSR count). The topological polar surface area (TPSA) is 96.3 Å². The molecular formula is C18H24N2O4S. The van der Waals surface area contributed by atoms with E-state index >= 15 is 0 Å². The molecule has 0 radical (unpaired) electrons. The number of amides is 1. The summed E-state index contributed by atoms with van der Waals surface area (Å²) in [6, 6.07) is 9.36. The van der Waals surface area contributed by atoms with Gasteiger partial charge in [-0.3, -0.25) is 4.79 Å². The standard InChI is InChI=1S/C18H24N2O4S/c1-13(24-15-7-5-14(6-8-15)17(2,3)4)16(21)20-25(22,23)12-18(11-19)9-10-18/h5-8,13H,9-10,12H2,1-4H3,(H,20,21). The first-order chi connectivity index (χ1) is 11.5. The highest BCUT2D eigenvalue weighted by Crippen LogP contribution is 2.45. The third-order valence-electron chi connectivity index (χ3n) is 4.22. The van der Waals surface area contributed by atoms with Crippen LogP contribution in [0.25, 0.3) is 0 Å². The van der Waals surface area contributed by atoms with Crippen molar-refractivity contribution in [2.75, 3.05) is 5.75 Å². The fourth-order valence-corrected chi connectivity index (χ4v) is 3.99. The molecule has 1 aliphatic carbocycles. The molecule has 0 bridgehead atoms. The van der Waals surface area contributed by atoms with Gasteiger partial charge in [-0.1, -0.05) is 32.9 Å². The molecule has 1 aliphatic rings. The fourth-order valence-electron chi connectivity index (χ4n) is 2.37. The Hall–Kier alpha value is -2.07. The first-order valence-electron chi connectivity index (χ1n) is 8.19. The van der Waals surface area contributed by atoms with Crippen molar-refractivity contribution in [2.24, 2.45) is 5.41 Å². The predicted molar refractivity (Wildman–Crippen MR) is 94.4 cm³/mol. The van der Waals surface area contributed by atoms with Crippen LogP contribution in [0.3, 0.4) is 0 Å². The molecule has 6 nitrogen and oxygen atoms in total. The van der Waals surface area contributed by atoms with Crippen LogP contribution in [0.1, 0.15) is 46.1 Å². The van der Waals surface area contributed by atoms with Crippen LogP contribution < -0.4 is 9.46 Å². The average molecular weight is 364 g/mol. The first-order valence-corrected chi connectivity index (χ1v) is 9.84. The number of nitriles is 1. The second-order valence-electron chi connectivity index (χ2n) is 7.65. The summed E-state index contributed by atoms with van der Waals surface area (Å²) in [5.41, 5.74) is 0.305. The minimum Gasteiger partial charge on any atom is -0.481 e. The summed E-state index contributed by atoms with van der Waals surface area (Å²) >= 11 is 0. The minimum absolute atomic E-state index is 0.00904. The molecule has 0 spiro atoms. The number of nitrogens with zero attached hydrogens (tertiary/aromatic N) is 1. The molecule has 1 unspecified atom stereocenters. The van der Waals surface area contributed by atoms with Gasteiger partial charge in [0.1, 0.15) is 5.75 Å². The summed E-state index contributed by atoms with van der Waals surface area (Å²) in [6.07, 6.45) is 0.128. The minimum atomic E-state index is -3.85. The van der Waals surface area contributed by atoms with Crippen LogP contribution >= 0.6 is 0 Å². The average Bonchev–Trinajstić information content (AvgIpc) is 3.25. The molecule has 0 aliphatic heterocycles. The van der Waals surface area contributed by atoms with Gasteiger partial charge in [0.25, 0.3) is 5.91 Å². The van der Waals surface area contributed by atoms with Gasteiger partial charge in [0.05, 0.1) is 17.2 Å². The Morgan fingerprint density at radius 2 is 1.88 bits per heavy atom. The predicted octanol–water partition coefficient (Wildman–Crippen LogP) is 2.50. The van der Waals surface area contributed by atoms with Gasteiger partial charge in [-0.05, 0) is 42.9 Å². The number of carbonyl (C=O) groups is 1. The van der Waals surface area contributed by atoms with Crippen LogP contribution in [0.2, 0.25) is 0 Å². The number of hydrogen-bond acceptors (Lipinski definition) is 5. The molecule has 1 atom stereocenters. The van der Waals surface area contributed by atoms with Gasteiger partial charge in [0, 0.05) is 0 Å². The van der Waals surface area contributed by atoms with Crippen LogP contribution in [0.15, 0.2) is 24.3 Å². The highest BCUT2D eigenvalue weighted by molar-refractivity contribution is 7.90. The SMILES string of the molecule is CC(Oc1ccc(C(C)(C)C)cc1)C(=O)NS(=O)(=O)CC1(C#N)CC1. The van der Waals surface area contributed by atoms with Gasteiger partial charge in [-0.25, -0.2) is 13.1 Å². The second kappa shape index (κ2) is 6.68. The van der Waals surface area contributed by atoms with Gasteiger partial charge >= 0.3 is 0 Å². The lowest BCUT2D eigenvalue weighted by atomic mass is 9.87. The Morgan fingerprint density at radius 1 is 1.32 bits per heavy atom. The van der Waals surface area contributed by atoms with Crippen LogP contribution in [-0.2, 0) is 20.2 Å². The number of sulfonamides is 1. The molecule has 1 aromatic carbocycles. The highest BCUT2D eigenvalue weighted by Gasteiger charge is 2.47. The highest BCUT2D eigenvalue weighted by atomic mass is 32.2. The molecular weight excluding hydrogens is 340 g/mol.